The van der Waals surface area contributed by atoms with Crippen LogP contribution in [0.5, 0.6) is 11.5 Å². The molecule has 0 heterocycles. The lowest BCUT2D eigenvalue weighted by Crippen LogP contribution is -2.30. The standard InChI is InChI=1S/C31H46F2O2/c1-3-5-22-6-10-24(11-7-22)26-14-16-27(17-15-26)25-12-8-23(9-13-25)21-35-29-19-18-28(34-20-4-2)30(32)31(29)33/h4,18-20,22-27H,3,5-17,21H2,1-2H3. The second kappa shape index (κ2) is 13.1. The minimum atomic E-state index is -0.992. The van der Waals surface area contributed by atoms with Gasteiger partial charge in [-0.15, -0.1) is 0 Å². The van der Waals surface area contributed by atoms with Gasteiger partial charge in [-0.1, -0.05) is 38.7 Å². The Morgan fingerprint density at radius 3 is 1.69 bits per heavy atom. The van der Waals surface area contributed by atoms with Crippen molar-refractivity contribution in [2.24, 2.45) is 35.5 Å². The Morgan fingerprint density at radius 1 is 0.714 bits per heavy atom. The van der Waals surface area contributed by atoms with Gasteiger partial charge in [0.15, 0.2) is 11.5 Å². The van der Waals surface area contributed by atoms with E-state index in [1.54, 1.807) is 13.0 Å². The molecule has 4 rings (SSSR count). The van der Waals surface area contributed by atoms with Crippen molar-refractivity contribution in [3.05, 3.63) is 36.1 Å². The summed E-state index contributed by atoms with van der Waals surface area (Å²) < 4.78 is 39.4. The molecule has 0 saturated heterocycles. The van der Waals surface area contributed by atoms with E-state index in [4.69, 9.17) is 9.47 Å². The van der Waals surface area contributed by atoms with Crippen LogP contribution < -0.4 is 9.47 Å². The van der Waals surface area contributed by atoms with Gasteiger partial charge in [0.2, 0.25) is 11.6 Å². The summed E-state index contributed by atoms with van der Waals surface area (Å²) in [5.41, 5.74) is 0. The molecule has 0 unspecified atom stereocenters. The molecule has 0 amide bonds. The van der Waals surface area contributed by atoms with Gasteiger partial charge in [-0.2, -0.15) is 8.78 Å². The normalized spacial score (nSPS) is 32.0. The first-order chi connectivity index (χ1) is 17.1. The molecule has 0 N–H and O–H groups in total. The second-order valence-corrected chi connectivity index (χ2v) is 11.6. The topological polar surface area (TPSA) is 18.5 Å². The van der Waals surface area contributed by atoms with E-state index >= 15 is 0 Å². The summed E-state index contributed by atoms with van der Waals surface area (Å²) in [5.74, 6) is 3.11. The summed E-state index contributed by atoms with van der Waals surface area (Å²) in [6, 6.07) is 2.90. The Bertz CT molecular complexity index is 798. The molecule has 0 aromatic heterocycles. The van der Waals surface area contributed by atoms with Crippen LogP contribution >= 0.6 is 0 Å². The van der Waals surface area contributed by atoms with Crippen LogP contribution in [0.3, 0.4) is 0 Å². The maximum atomic E-state index is 14.4. The van der Waals surface area contributed by atoms with Crippen LogP contribution in [0.4, 0.5) is 8.78 Å². The molecule has 2 nitrogen and oxygen atoms in total. The molecule has 196 valence electrons. The summed E-state index contributed by atoms with van der Waals surface area (Å²) in [6.07, 6.45) is 22.3. The van der Waals surface area contributed by atoms with Crippen LogP contribution in [0.2, 0.25) is 0 Å². The van der Waals surface area contributed by atoms with E-state index in [0.717, 1.165) is 42.4 Å². The van der Waals surface area contributed by atoms with Crippen molar-refractivity contribution in [3.63, 3.8) is 0 Å². The Labute approximate surface area is 211 Å². The number of ether oxygens (including phenoxy) is 2. The second-order valence-electron chi connectivity index (χ2n) is 11.6. The number of hydrogen-bond acceptors (Lipinski definition) is 2. The fourth-order valence-corrected chi connectivity index (χ4v) is 7.34. The van der Waals surface area contributed by atoms with E-state index in [2.05, 4.69) is 6.92 Å². The Morgan fingerprint density at radius 2 is 1.17 bits per heavy atom. The number of rotatable bonds is 9. The minimum absolute atomic E-state index is 0.0144. The molecule has 3 aliphatic rings. The molecule has 3 saturated carbocycles. The molecule has 3 aliphatic carbocycles. The number of benzene rings is 1. The molecule has 3 fully saturated rings. The summed E-state index contributed by atoms with van der Waals surface area (Å²) in [5, 5.41) is 0. The highest BCUT2D eigenvalue weighted by molar-refractivity contribution is 5.35. The predicted octanol–water partition coefficient (Wildman–Crippen LogP) is 9.48. The van der Waals surface area contributed by atoms with Crippen molar-refractivity contribution >= 4 is 0 Å². The number of allylic oxidation sites excluding steroid dienone is 1. The SMILES string of the molecule is CC=COc1ccc(OCC2CCC(C3CCC(C4CCC(CCC)CC4)CC3)CC2)c(F)c1F. The van der Waals surface area contributed by atoms with Gasteiger partial charge >= 0.3 is 0 Å². The molecular formula is C31H46F2O2. The van der Waals surface area contributed by atoms with Crippen LogP contribution in [0, 0.1) is 47.1 Å². The first-order valence-corrected chi connectivity index (χ1v) is 14.5. The summed E-state index contributed by atoms with van der Waals surface area (Å²) in [4.78, 5) is 0. The van der Waals surface area contributed by atoms with Crippen LogP contribution in [-0.4, -0.2) is 6.61 Å². The molecule has 0 spiro atoms. The zero-order valence-electron chi connectivity index (χ0n) is 22.0. The summed E-state index contributed by atoms with van der Waals surface area (Å²) in [6.45, 7) is 4.55. The van der Waals surface area contributed by atoms with E-state index in [1.165, 1.54) is 95.4 Å². The van der Waals surface area contributed by atoms with Crippen molar-refractivity contribution in [2.75, 3.05) is 6.61 Å². The third-order valence-electron chi connectivity index (χ3n) is 9.45. The summed E-state index contributed by atoms with van der Waals surface area (Å²) in [7, 11) is 0. The van der Waals surface area contributed by atoms with E-state index in [-0.39, 0.29) is 11.5 Å². The monoisotopic (exact) mass is 488 g/mol. The lowest BCUT2D eigenvalue weighted by molar-refractivity contribution is 0.0945. The van der Waals surface area contributed by atoms with Crippen molar-refractivity contribution in [1.29, 1.82) is 0 Å². The highest BCUT2D eigenvalue weighted by Crippen LogP contribution is 2.46. The third kappa shape index (κ3) is 7.01. The molecule has 1 aromatic carbocycles. The molecule has 0 bridgehead atoms. The number of halogens is 2. The maximum absolute atomic E-state index is 14.4. The van der Waals surface area contributed by atoms with E-state index in [0.29, 0.717) is 12.5 Å². The van der Waals surface area contributed by atoms with Gasteiger partial charge in [0.25, 0.3) is 0 Å². The molecule has 0 atom stereocenters. The van der Waals surface area contributed by atoms with Gasteiger partial charge in [0.05, 0.1) is 12.9 Å². The van der Waals surface area contributed by atoms with Gasteiger partial charge in [0.1, 0.15) is 0 Å². The summed E-state index contributed by atoms with van der Waals surface area (Å²) >= 11 is 0. The highest BCUT2D eigenvalue weighted by atomic mass is 19.2. The average Bonchev–Trinajstić information content (AvgIpc) is 2.90. The zero-order chi connectivity index (χ0) is 24.6. The van der Waals surface area contributed by atoms with Crippen LogP contribution in [0.25, 0.3) is 0 Å². The fraction of sp³-hybridized carbons (Fsp3) is 0.742. The van der Waals surface area contributed by atoms with E-state index in [9.17, 15) is 8.78 Å². The Kier molecular flexibility index (Phi) is 9.92. The molecule has 4 heteroatoms. The molecule has 0 aliphatic heterocycles. The number of hydrogen-bond donors (Lipinski definition) is 0. The van der Waals surface area contributed by atoms with Crippen LogP contribution in [-0.2, 0) is 0 Å². The average molecular weight is 489 g/mol. The maximum Gasteiger partial charge on any atom is 0.205 e. The van der Waals surface area contributed by atoms with Gasteiger partial charge in [-0.3, -0.25) is 0 Å². The predicted molar refractivity (Wildman–Crippen MR) is 139 cm³/mol. The van der Waals surface area contributed by atoms with E-state index < -0.39 is 11.6 Å². The van der Waals surface area contributed by atoms with Crippen molar-refractivity contribution in [1.82, 2.24) is 0 Å². The van der Waals surface area contributed by atoms with Crippen LogP contribution in [0.15, 0.2) is 24.5 Å². The lowest BCUT2D eigenvalue weighted by Gasteiger charge is -2.41. The molecule has 0 radical (unpaired) electrons. The first kappa shape index (κ1) is 26.5. The first-order valence-electron chi connectivity index (χ1n) is 14.5. The molecule has 1 aromatic rings. The van der Waals surface area contributed by atoms with Crippen molar-refractivity contribution in [2.45, 2.75) is 104 Å². The largest absolute Gasteiger partial charge is 0.490 e. The van der Waals surface area contributed by atoms with Gasteiger partial charge < -0.3 is 9.47 Å². The Balaban J connectivity index is 1.16. The Hall–Kier alpha value is -1.58. The smallest absolute Gasteiger partial charge is 0.205 e. The quantitative estimate of drug-likeness (QED) is 0.322. The highest BCUT2D eigenvalue weighted by Gasteiger charge is 2.34. The van der Waals surface area contributed by atoms with E-state index in [1.807, 2.05) is 0 Å². The molecule has 35 heavy (non-hydrogen) atoms. The third-order valence-corrected chi connectivity index (χ3v) is 9.45. The van der Waals surface area contributed by atoms with Gasteiger partial charge in [-0.25, -0.2) is 0 Å². The van der Waals surface area contributed by atoms with Crippen LogP contribution in [0.1, 0.15) is 104 Å². The zero-order valence-corrected chi connectivity index (χ0v) is 22.0. The van der Waals surface area contributed by atoms with Crippen molar-refractivity contribution in [3.8, 4) is 11.5 Å². The van der Waals surface area contributed by atoms with Crippen molar-refractivity contribution < 1.29 is 18.3 Å². The van der Waals surface area contributed by atoms with Gasteiger partial charge in [-0.05, 0) is 119 Å². The minimum Gasteiger partial charge on any atom is -0.490 e. The van der Waals surface area contributed by atoms with Gasteiger partial charge in [0, 0.05) is 0 Å². The lowest BCUT2D eigenvalue weighted by atomic mass is 9.65. The fourth-order valence-electron chi connectivity index (χ4n) is 7.34. The molecular weight excluding hydrogens is 442 g/mol.